The number of nitrogens with two attached hydrogens (primary N) is 1. The van der Waals surface area contributed by atoms with E-state index in [2.05, 4.69) is 0 Å². The lowest BCUT2D eigenvalue weighted by atomic mass is 9.75. The van der Waals surface area contributed by atoms with Gasteiger partial charge in [-0.05, 0) is 18.9 Å². The van der Waals surface area contributed by atoms with Crippen LogP contribution in [0.2, 0.25) is 0 Å². The molecule has 0 unspecified atom stereocenters. The first kappa shape index (κ1) is 13.1. The SMILES string of the molecule is NC1(c2cc(F)cc(F)c2O)CCC(F)(F)CC1. The van der Waals surface area contributed by atoms with Crippen molar-refractivity contribution in [3.63, 3.8) is 0 Å². The normalized spacial score (nSPS) is 21.8. The van der Waals surface area contributed by atoms with E-state index < -0.39 is 41.7 Å². The highest BCUT2D eigenvalue weighted by Crippen LogP contribution is 2.45. The van der Waals surface area contributed by atoms with Crippen LogP contribution in [0.1, 0.15) is 31.2 Å². The Balaban J connectivity index is 2.37. The van der Waals surface area contributed by atoms with E-state index in [0.717, 1.165) is 6.07 Å². The standard InChI is InChI=1S/C12H13F4NO/c13-7-5-8(10(18)9(14)6-7)11(17)1-3-12(15,16)4-2-11/h5-6,18H,1-4,17H2. The summed E-state index contributed by atoms with van der Waals surface area (Å²) in [5, 5.41) is 9.56. The van der Waals surface area contributed by atoms with Crippen LogP contribution in [-0.2, 0) is 5.54 Å². The van der Waals surface area contributed by atoms with Crippen LogP contribution in [0.3, 0.4) is 0 Å². The molecular weight excluding hydrogens is 250 g/mol. The van der Waals surface area contributed by atoms with Gasteiger partial charge in [-0.1, -0.05) is 0 Å². The molecule has 100 valence electrons. The second-order valence-corrected chi connectivity index (χ2v) is 4.80. The van der Waals surface area contributed by atoms with Crippen LogP contribution < -0.4 is 5.73 Å². The van der Waals surface area contributed by atoms with Crippen LogP contribution in [0.5, 0.6) is 5.75 Å². The van der Waals surface area contributed by atoms with Crippen molar-refractivity contribution in [2.75, 3.05) is 0 Å². The predicted molar refractivity (Wildman–Crippen MR) is 57.3 cm³/mol. The van der Waals surface area contributed by atoms with Crippen molar-refractivity contribution in [1.29, 1.82) is 0 Å². The third kappa shape index (κ3) is 2.29. The fraction of sp³-hybridized carbons (Fsp3) is 0.500. The van der Waals surface area contributed by atoms with Crippen molar-refractivity contribution in [2.24, 2.45) is 5.73 Å². The largest absolute Gasteiger partial charge is 0.505 e. The molecule has 2 rings (SSSR count). The number of hydrogen-bond donors (Lipinski definition) is 2. The zero-order valence-corrected chi connectivity index (χ0v) is 9.52. The van der Waals surface area contributed by atoms with Crippen LogP contribution in [0.15, 0.2) is 12.1 Å². The second kappa shape index (κ2) is 4.12. The summed E-state index contributed by atoms with van der Waals surface area (Å²) in [5.74, 6) is -5.58. The smallest absolute Gasteiger partial charge is 0.248 e. The van der Waals surface area contributed by atoms with E-state index >= 15 is 0 Å². The van der Waals surface area contributed by atoms with Gasteiger partial charge in [0.1, 0.15) is 5.82 Å². The van der Waals surface area contributed by atoms with Crippen molar-refractivity contribution in [3.8, 4) is 5.75 Å². The zero-order chi connectivity index (χ0) is 13.6. The Morgan fingerprint density at radius 1 is 1.06 bits per heavy atom. The monoisotopic (exact) mass is 263 g/mol. The van der Waals surface area contributed by atoms with Gasteiger partial charge in [0.15, 0.2) is 11.6 Å². The lowest BCUT2D eigenvalue weighted by molar-refractivity contribution is -0.0517. The number of alkyl halides is 2. The number of halogens is 4. The topological polar surface area (TPSA) is 46.2 Å². The van der Waals surface area contributed by atoms with E-state index in [4.69, 9.17) is 5.73 Å². The summed E-state index contributed by atoms with van der Waals surface area (Å²) in [4.78, 5) is 0. The number of hydrogen-bond acceptors (Lipinski definition) is 2. The molecule has 0 aliphatic heterocycles. The predicted octanol–water partition coefficient (Wildman–Crippen LogP) is 3.03. The number of aromatic hydroxyl groups is 1. The molecule has 0 saturated heterocycles. The van der Waals surface area contributed by atoms with Crippen molar-refractivity contribution >= 4 is 0 Å². The first-order chi connectivity index (χ1) is 8.23. The Labute approximate surface area is 101 Å². The molecule has 1 saturated carbocycles. The molecule has 2 nitrogen and oxygen atoms in total. The van der Waals surface area contributed by atoms with E-state index in [-0.39, 0.29) is 18.4 Å². The fourth-order valence-corrected chi connectivity index (χ4v) is 2.28. The molecule has 0 spiro atoms. The third-order valence-corrected chi connectivity index (χ3v) is 3.44. The maximum Gasteiger partial charge on any atom is 0.248 e. The van der Waals surface area contributed by atoms with E-state index in [1.807, 2.05) is 0 Å². The summed E-state index contributed by atoms with van der Waals surface area (Å²) in [7, 11) is 0. The number of phenols is 1. The Morgan fingerprint density at radius 3 is 2.17 bits per heavy atom. The lowest BCUT2D eigenvalue weighted by Gasteiger charge is -2.37. The summed E-state index contributed by atoms with van der Waals surface area (Å²) in [6.07, 6.45) is -1.17. The van der Waals surface area contributed by atoms with Crippen LogP contribution >= 0.6 is 0 Å². The molecule has 0 heterocycles. The molecule has 3 N–H and O–H groups in total. The highest BCUT2D eigenvalue weighted by atomic mass is 19.3. The minimum atomic E-state index is -2.80. The molecule has 0 atom stereocenters. The Kier molecular flexibility index (Phi) is 3.01. The van der Waals surface area contributed by atoms with Gasteiger partial charge in [-0.15, -0.1) is 0 Å². The van der Waals surface area contributed by atoms with Crippen molar-refractivity contribution in [3.05, 3.63) is 29.3 Å². The van der Waals surface area contributed by atoms with E-state index in [1.54, 1.807) is 0 Å². The van der Waals surface area contributed by atoms with Crippen molar-refractivity contribution < 1.29 is 22.7 Å². The number of rotatable bonds is 1. The molecule has 1 aliphatic carbocycles. The van der Waals surface area contributed by atoms with E-state index in [0.29, 0.717) is 6.07 Å². The lowest BCUT2D eigenvalue weighted by Crippen LogP contribution is -2.43. The van der Waals surface area contributed by atoms with Crippen LogP contribution in [0.25, 0.3) is 0 Å². The average molecular weight is 263 g/mol. The molecule has 1 aliphatic rings. The van der Waals surface area contributed by atoms with Gasteiger partial charge in [0.25, 0.3) is 0 Å². The summed E-state index contributed by atoms with van der Waals surface area (Å²) >= 11 is 0. The molecule has 6 heteroatoms. The van der Waals surface area contributed by atoms with Crippen molar-refractivity contribution in [1.82, 2.24) is 0 Å². The van der Waals surface area contributed by atoms with Crippen LogP contribution in [0, 0.1) is 11.6 Å². The maximum atomic E-state index is 13.2. The van der Waals surface area contributed by atoms with Crippen molar-refractivity contribution in [2.45, 2.75) is 37.1 Å². The highest BCUT2D eigenvalue weighted by Gasteiger charge is 2.43. The quantitative estimate of drug-likeness (QED) is 0.765. The molecular formula is C12H13F4NO. The summed E-state index contributed by atoms with van der Waals surface area (Å²) in [6, 6.07) is 1.43. The first-order valence-corrected chi connectivity index (χ1v) is 5.59. The summed E-state index contributed by atoms with van der Waals surface area (Å²) in [6.45, 7) is 0. The fourth-order valence-electron chi connectivity index (χ4n) is 2.28. The molecule has 0 aromatic heterocycles. The van der Waals surface area contributed by atoms with Gasteiger partial charge in [0.05, 0.1) is 0 Å². The minimum absolute atomic E-state index is 0.129. The van der Waals surface area contributed by atoms with Gasteiger partial charge in [-0.3, -0.25) is 0 Å². The zero-order valence-electron chi connectivity index (χ0n) is 9.52. The molecule has 0 amide bonds. The third-order valence-electron chi connectivity index (χ3n) is 3.44. The van der Waals surface area contributed by atoms with Gasteiger partial charge in [0.2, 0.25) is 5.92 Å². The van der Waals surface area contributed by atoms with Gasteiger partial charge < -0.3 is 10.8 Å². The number of phenolic OH excluding ortho intramolecular Hbond substituents is 1. The molecule has 1 aromatic carbocycles. The molecule has 0 bridgehead atoms. The second-order valence-electron chi connectivity index (χ2n) is 4.80. The first-order valence-electron chi connectivity index (χ1n) is 5.59. The average Bonchev–Trinajstić information content (AvgIpc) is 2.28. The van der Waals surface area contributed by atoms with Gasteiger partial charge in [-0.25, -0.2) is 17.6 Å². The molecule has 0 radical (unpaired) electrons. The van der Waals surface area contributed by atoms with Crippen LogP contribution in [-0.4, -0.2) is 11.0 Å². The molecule has 18 heavy (non-hydrogen) atoms. The van der Waals surface area contributed by atoms with E-state index in [9.17, 15) is 22.7 Å². The highest BCUT2D eigenvalue weighted by molar-refractivity contribution is 5.40. The Morgan fingerprint density at radius 2 is 1.61 bits per heavy atom. The van der Waals surface area contributed by atoms with Gasteiger partial charge >= 0.3 is 0 Å². The molecule has 1 fully saturated rings. The van der Waals surface area contributed by atoms with Gasteiger partial charge in [0, 0.05) is 30.0 Å². The van der Waals surface area contributed by atoms with E-state index in [1.165, 1.54) is 0 Å². The Hall–Kier alpha value is -1.30. The summed E-state index contributed by atoms with van der Waals surface area (Å²) < 4.78 is 52.5. The number of benzene rings is 1. The minimum Gasteiger partial charge on any atom is -0.505 e. The van der Waals surface area contributed by atoms with Crippen LogP contribution in [0.4, 0.5) is 17.6 Å². The van der Waals surface area contributed by atoms with Gasteiger partial charge in [-0.2, -0.15) is 0 Å². The Bertz CT molecular complexity index is 465. The molecule has 1 aromatic rings. The summed E-state index contributed by atoms with van der Waals surface area (Å²) in [5.41, 5.74) is 4.46. The maximum absolute atomic E-state index is 13.2.